The van der Waals surface area contributed by atoms with Crippen LogP contribution in [0, 0.1) is 6.92 Å². The Morgan fingerprint density at radius 2 is 2.05 bits per heavy atom. The van der Waals surface area contributed by atoms with Crippen molar-refractivity contribution in [3.63, 3.8) is 0 Å². The first-order valence-electron chi connectivity index (χ1n) is 6.92. The molecule has 21 heavy (non-hydrogen) atoms. The molecule has 2 aromatic rings. The van der Waals surface area contributed by atoms with Crippen LogP contribution in [0.1, 0.15) is 29.8 Å². The molecule has 0 fully saturated rings. The Bertz CT molecular complexity index is 605. The van der Waals surface area contributed by atoms with E-state index in [0.717, 1.165) is 5.56 Å². The second kappa shape index (κ2) is 6.49. The molecule has 6 heteroatoms. The topological polar surface area (TPSA) is 77.0 Å². The van der Waals surface area contributed by atoms with Gasteiger partial charge in [-0.15, -0.1) is 5.10 Å². The normalized spacial score (nSPS) is 12.2. The second-order valence-corrected chi connectivity index (χ2v) is 5.20. The van der Waals surface area contributed by atoms with Crippen LogP contribution in [0.5, 0.6) is 0 Å². The van der Waals surface area contributed by atoms with Crippen molar-refractivity contribution < 1.29 is 4.79 Å². The van der Waals surface area contributed by atoms with Gasteiger partial charge in [-0.3, -0.25) is 4.79 Å². The van der Waals surface area contributed by atoms with Gasteiger partial charge < -0.3 is 10.6 Å². The summed E-state index contributed by atoms with van der Waals surface area (Å²) in [5.41, 5.74) is 8.47. The zero-order valence-corrected chi connectivity index (χ0v) is 12.7. The fourth-order valence-electron chi connectivity index (χ4n) is 2.04. The maximum absolute atomic E-state index is 12.3. The number of amides is 1. The lowest BCUT2D eigenvalue weighted by atomic mass is 10.1. The summed E-state index contributed by atoms with van der Waals surface area (Å²) in [6.45, 7) is 4.54. The number of hydrogen-bond donors (Lipinski definition) is 1. The van der Waals surface area contributed by atoms with E-state index in [9.17, 15) is 4.79 Å². The van der Waals surface area contributed by atoms with Crippen LogP contribution in [-0.2, 0) is 17.9 Å². The molecule has 0 saturated carbocycles. The molecule has 0 aliphatic rings. The largest absolute Gasteiger partial charge is 0.337 e. The third-order valence-corrected chi connectivity index (χ3v) is 3.63. The first kappa shape index (κ1) is 15.2. The molecule has 2 rings (SSSR count). The SMILES string of the molecule is Cc1ccc(C(C)N(C)C(=O)Cn2cc(CN)nn2)cc1. The molecule has 2 N–H and O–H groups in total. The van der Waals surface area contributed by atoms with Gasteiger partial charge >= 0.3 is 0 Å². The van der Waals surface area contributed by atoms with E-state index in [1.54, 1.807) is 18.1 Å². The fraction of sp³-hybridized carbons (Fsp3) is 0.400. The molecule has 1 heterocycles. The minimum absolute atomic E-state index is 0.00982. The van der Waals surface area contributed by atoms with Crippen molar-refractivity contribution >= 4 is 5.91 Å². The maximum Gasteiger partial charge on any atom is 0.244 e. The number of carbonyl (C=O) groups is 1. The third-order valence-electron chi connectivity index (χ3n) is 3.63. The minimum atomic E-state index is -0.0171. The molecule has 6 nitrogen and oxygen atoms in total. The van der Waals surface area contributed by atoms with E-state index in [4.69, 9.17) is 5.73 Å². The molecule has 1 atom stereocenters. The van der Waals surface area contributed by atoms with E-state index in [2.05, 4.69) is 22.4 Å². The third kappa shape index (κ3) is 3.66. The zero-order chi connectivity index (χ0) is 15.4. The molecule has 0 saturated heterocycles. The number of nitrogens with zero attached hydrogens (tertiary/aromatic N) is 4. The molecule has 0 aliphatic heterocycles. The monoisotopic (exact) mass is 287 g/mol. The molecule has 1 aromatic carbocycles. The first-order valence-corrected chi connectivity index (χ1v) is 6.92. The number of aryl methyl sites for hydroxylation is 1. The summed E-state index contributed by atoms with van der Waals surface area (Å²) in [5, 5.41) is 7.77. The number of hydrogen-bond acceptors (Lipinski definition) is 4. The molecule has 1 aromatic heterocycles. The number of aromatic nitrogens is 3. The Hall–Kier alpha value is -2.21. The Labute approximate surface area is 124 Å². The number of carbonyl (C=O) groups excluding carboxylic acids is 1. The van der Waals surface area contributed by atoms with Gasteiger partial charge in [-0.1, -0.05) is 35.0 Å². The highest BCUT2D eigenvalue weighted by Gasteiger charge is 2.18. The lowest BCUT2D eigenvalue weighted by molar-refractivity contribution is -0.132. The summed E-state index contributed by atoms with van der Waals surface area (Å²) < 4.78 is 1.52. The number of nitrogens with two attached hydrogens (primary N) is 1. The van der Waals surface area contributed by atoms with Gasteiger partial charge in [0.2, 0.25) is 5.91 Å². The van der Waals surface area contributed by atoms with E-state index < -0.39 is 0 Å². The quantitative estimate of drug-likeness (QED) is 0.898. The average Bonchev–Trinajstić information content (AvgIpc) is 2.94. The Morgan fingerprint density at radius 3 is 2.62 bits per heavy atom. The van der Waals surface area contributed by atoms with Gasteiger partial charge in [-0.25, -0.2) is 4.68 Å². The minimum Gasteiger partial charge on any atom is -0.337 e. The van der Waals surface area contributed by atoms with Crippen molar-refractivity contribution in [2.75, 3.05) is 7.05 Å². The molecule has 0 aliphatic carbocycles. The van der Waals surface area contributed by atoms with Crippen molar-refractivity contribution in [3.8, 4) is 0 Å². The van der Waals surface area contributed by atoms with Crippen LogP contribution in [0.2, 0.25) is 0 Å². The van der Waals surface area contributed by atoms with Gasteiger partial charge in [0.15, 0.2) is 0 Å². The fourth-order valence-corrected chi connectivity index (χ4v) is 2.04. The van der Waals surface area contributed by atoms with E-state index in [1.165, 1.54) is 10.2 Å². The van der Waals surface area contributed by atoms with Crippen LogP contribution in [0.4, 0.5) is 0 Å². The highest BCUT2D eigenvalue weighted by Crippen LogP contribution is 2.19. The number of benzene rings is 1. The second-order valence-electron chi connectivity index (χ2n) is 5.20. The average molecular weight is 287 g/mol. The predicted molar refractivity (Wildman–Crippen MR) is 80.3 cm³/mol. The summed E-state index contributed by atoms with van der Waals surface area (Å²) in [7, 11) is 1.80. The van der Waals surface area contributed by atoms with Crippen molar-refractivity contribution in [2.45, 2.75) is 33.0 Å². The number of rotatable bonds is 5. The molecule has 112 valence electrons. The van der Waals surface area contributed by atoms with Crippen molar-refractivity contribution in [1.82, 2.24) is 19.9 Å². The predicted octanol–water partition coefficient (Wildman–Crippen LogP) is 1.26. The lowest BCUT2D eigenvalue weighted by Gasteiger charge is -2.25. The highest BCUT2D eigenvalue weighted by atomic mass is 16.2. The summed E-state index contributed by atoms with van der Waals surface area (Å²) in [4.78, 5) is 14.0. The van der Waals surface area contributed by atoms with E-state index in [0.29, 0.717) is 12.2 Å². The summed E-state index contributed by atoms with van der Waals surface area (Å²) in [6.07, 6.45) is 1.70. The molecule has 0 spiro atoms. The molecule has 0 radical (unpaired) electrons. The molecular formula is C15H21N5O. The summed E-state index contributed by atoms with van der Waals surface area (Å²) >= 11 is 0. The number of likely N-dealkylation sites (N-methyl/N-ethyl adjacent to an activating group) is 1. The Morgan fingerprint density at radius 1 is 1.38 bits per heavy atom. The van der Waals surface area contributed by atoms with Gasteiger partial charge in [-0.2, -0.15) is 0 Å². The van der Waals surface area contributed by atoms with Crippen molar-refractivity contribution in [3.05, 3.63) is 47.3 Å². The maximum atomic E-state index is 12.3. The van der Waals surface area contributed by atoms with E-state index in [1.807, 2.05) is 26.0 Å². The summed E-state index contributed by atoms with van der Waals surface area (Å²) in [6, 6.07) is 8.21. The molecule has 1 amide bonds. The molecular weight excluding hydrogens is 266 g/mol. The van der Waals surface area contributed by atoms with Gasteiger partial charge in [0, 0.05) is 13.6 Å². The van der Waals surface area contributed by atoms with Crippen LogP contribution < -0.4 is 5.73 Å². The van der Waals surface area contributed by atoms with E-state index >= 15 is 0 Å². The van der Waals surface area contributed by atoms with E-state index in [-0.39, 0.29) is 18.5 Å². The lowest BCUT2D eigenvalue weighted by Crippen LogP contribution is -2.32. The van der Waals surface area contributed by atoms with Crippen LogP contribution >= 0.6 is 0 Å². The van der Waals surface area contributed by atoms with Gasteiger partial charge in [-0.05, 0) is 19.4 Å². The van der Waals surface area contributed by atoms with Crippen LogP contribution in [0.25, 0.3) is 0 Å². The zero-order valence-electron chi connectivity index (χ0n) is 12.7. The Balaban J connectivity index is 2.02. The van der Waals surface area contributed by atoms with Crippen molar-refractivity contribution in [1.29, 1.82) is 0 Å². The standard InChI is InChI=1S/C15H21N5O/c1-11-4-6-13(7-5-11)12(2)19(3)15(21)10-20-9-14(8-16)17-18-20/h4-7,9,12H,8,10,16H2,1-3H3. The first-order chi connectivity index (χ1) is 10.0. The molecule has 0 bridgehead atoms. The van der Waals surface area contributed by atoms with Crippen LogP contribution in [-0.4, -0.2) is 32.8 Å². The van der Waals surface area contributed by atoms with Gasteiger partial charge in [0.05, 0.1) is 17.9 Å². The van der Waals surface area contributed by atoms with Crippen LogP contribution in [0.3, 0.4) is 0 Å². The van der Waals surface area contributed by atoms with Gasteiger partial charge in [0.1, 0.15) is 6.54 Å². The van der Waals surface area contributed by atoms with Crippen molar-refractivity contribution in [2.24, 2.45) is 5.73 Å². The Kier molecular flexibility index (Phi) is 4.70. The smallest absolute Gasteiger partial charge is 0.244 e. The summed E-state index contributed by atoms with van der Waals surface area (Å²) in [5.74, 6) is -0.0171. The molecule has 1 unspecified atom stereocenters. The van der Waals surface area contributed by atoms with Gasteiger partial charge in [0.25, 0.3) is 0 Å². The highest BCUT2D eigenvalue weighted by molar-refractivity contribution is 5.76. The van der Waals surface area contributed by atoms with Crippen LogP contribution in [0.15, 0.2) is 30.5 Å².